The molecule has 1 atom stereocenters. The van der Waals surface area contributed by atoms with E-state index in [1.807, 2.05) is 0 Å². The van der Waals surface area contributed by atoms with E-state index in [4.69, 9.17) is 10.6 Å². The Labute approximate surface area is 95.4 Å². The maximum atomic E-state index is 10.8. The quantitative estimate of drug-likeness (QED) is 0.430. The number of hydrazine groups is 1. The second kappa shape index (κ2) is 6.18. The summed E-state index contributed by atoms with van der Waals surface area (Å²) in [4.78, 5) is 11.7. The molecule has 1 aromatic heterocycles. The van der Waals surface area contributed by atoms with Gasteiger partial charge in [0.15, 0.2) is 0 Å². The molecule has 0 bridgehead atoms. The van der Waals surface area contributed by atoms with Gasteiger partial charge < -0.3 is 10.1 Å². The summed E-state index contributed by atoms with van der Waals surface area (Å²) in [5, 5.41) is 2.89. The van der Waals surface area contributed by atoms with E-state index in [0.29, 0.717) is 18.2 Å². The molecule has 0 aliphatic rings. The van der Waals surface area contributed by atoms with Crippen LogP contribution in [0.25, 0.3) is 0 Å². The molecule has 1 heterocycles. The molecule has 90 valence electrons. The predicted octanol–water partition coefficient (Wildman–Crippen LogP) is -1.04. The Hall–Kier alpha value is -1.48. The summed E-state index contributed by atoms with van der Waals surface area (Å²) in [7, 11) is 0.586. The summed E-state index contributed by atoms with van der Waals surface area (Å²) in [5.74, 6) is 6.22. The molecule has 0 spiro atoms. The molecule has 0 saturated heterocycles. The van der Waals surface area contributed by atoms with E-state index in [2.05, 4.69) is 25.7 Å². The van der Waals surface area contributed by atoms with Crippen molar-refractivity contribution in [2.45, 2.75) is 0 Å². The van der Waals surface area contributed by atoms with Crippen LogP contribution in [0.3, 0.4) is 0 Å². The van der Waals surface area contributed by atoms with Crippen molar-refractivity contribution in [1.29, 1.82) is 0 Å². The number of nitrogens with two attached hydrogens (primary N) is 1. The molecule has 16 heavy (non-hydrogen) atoms. The predicted molar refractivity (Wildman–Crippen MR) is 61.6 cm³/mol. The lowest BCUT2D eigenvalue weighted by Crippen LogP contribution is -2.16. The Morgan fingerprint density at radius 1 is 1.38 bits per heavy atom. The lowest BCUT2D eigenvalue weighted by atomic mass is 10.7. The molecule has 1 aromatic rings. The zero-order valence-electron chi connectivity index (χ0n) is 9.06. The van der Waals surface area contributed by atoms with Gasteiger partial charge in [0.05, 0.1) is 7.11 Å². The molecule has 1 rings (SSSR count). The van der Waals surface area contributed by atoms with Crippen molar-refractivity contribution in [3.8, 4) is 6.01 Å². The van der Waals surface area contributed by atoms with Crippen LogP contribution in [0.5, 0.6) is 6.01 Å². The van der Waals surface area contributed by atoms with Gasteiger partial charge in [-0.3, -0.25) is 9.63 Å². The van der Waals surface area contributed by atoms with Gasteiger partial charge in [-0.25, -0.2) is 5.84 Å². The van der Waals surface area contributed by atoms with Crippen LogP contribution in [0, 0.1) is 0 Å². The van der Waals surface area contributed by atoms with Crippen LogP contribution in [-0.2, 0) is 10.8 Å². The number of rotatable bonds is 6. The third kappa shape index (κ3) is 3.95. The number of aromatic nitrogens is 3. The topological polar surface area (TPSA) is 115 Å². The van der Waals surface area contributed by atoms with Crippen LogP contribution >= 0.6 is 0 Å². The highest BCUT2D eigenvalue weighted by Gasteiger charge is 2.05. The van der Waals surface area contributed by atoms with Gasteiger partial charge in [-0.2, -0.15) is 15.0 Å². The summed E-state index contributed by atoms with van der Waals surface area (Å²) in [6, 6.07) is 0.156. The van der Waals surface area contributed by atoms with Crippen LogP contribution < -0.4 is 21.3 Å². The molecule has 0 aliphatic carbocycles. The molecule has 0 aliphatic heterocycles. The van der Waals surface area contributed by atoms with E-state index in [9.17, 15) is 4.21 Å². The second-order valence-corrected chi connectivity index (χ2v) is 4.37. The Balaban J connectivity index is 2.67. The molecule has 9 heteroatoms. The minimum absolute atomic E-state index is 0.156. The van der Waals surface area contributed by atoms with E-state index in [-0.39, 0.29) is 12.0 Å². The van der Waals surface area contributed by atoms with E-state index >= 15 is 0 Å². The third-order valence-corrected chi connectivity index (χ3v) is 2.38. The molecule has 1 unspecified atom stereocenters. The smallest absolute Gasteiger partial charge is 0.322 e. The zero-order valence-corrected chi connectivity index (χ0v) is 9.87. The van der Waals surface area contributed by atoms with Gasteiger partial charge in [0.25, 0.3) is 0 Å². The Morgan fingerprint density at radius 2 is 2.06 bits per heavy atom. The maximum Gasteiger partial charge on any atom is 0.322 e. The SMILES string of the molecule is COc1nc(NN)nc(NCCS(C)=O)n1. The molecule has 0 aromatic carbocycles. The van der Waals surface area contributed by atoms with Crippen molar-refractivity contribution < 1.29 is 8.95 Å². The number of ether oxygens (including phenoxy) is 1. The highest BCUT2D eigenvalue weighted by molar-refractivity contribution is 7.84. The number of hydrogen-bond acceptors (Lipinski definition) is 8. The Bertz CT molecular complexity index is 352. The monoisotopic (exact) mass is 246 g/mol. The van der Waals surface area contributed by atoms with Crippen molar-refractivity contribution in [1.82, 2.24) is 15.0 Å². The Morgan fingerprint density at radius 3 is 2.62 bits per heavy atom. The van der Waals surface area contributed by atoms with Gasteiger partial charge in [0, 0.05) is 29.4 Å². The van der Waals surface area contributed by atoms with E-state index in [1.54, 1.807) is 6.26 Å². The van der Waals surface area contributed by atoms with E-state index in [0.717, 1.165) is 0 Å². The fraction of sp³-hybridized carbons (Fsp3) is 0.571. The van der Waals surface area contributed by atoms with Crippen LogP contribution in [0.15, 0.2) is 0 Å². The van der Waals surface area contributed by atoms with Crippen LogP contribution in [0.4, 0.5) is 11.9 Å². The minimum atomic E-state index is -0.859. The van der Waals surface area contributed by atoms with Gasteiger partial charge in [-0.1, -0.05) is 0 Å². The largest absolute Gasteiger partial charge is 0.467 e. The summed E-state index contributed by atoms with van der Waals surface area (Å²) >= 11 is 0. The first-order valence-electron chi connectivity index (χ1n) is 4.46. The van der Waals surface area contributed by atoms with Crippen LogP contribution in [0.2, 0.25) is 0 Å². The van der Waals surface area contributed by atoms with Gasteiger partial charge in [-0.05, 0) is 0 Å². The van der Waals surface area contributed by atoms with E-state index in [1.165, 1.54) is 7.11 Å². The first-order chi connectivity index (χ1) is 7.65. The zero-order chi connectivity index (χ0) is 12.0. The summed E-state index contributed by atoms with van der Waals surface area (Å²) < 4.78 is 15.7. The van der Waals surface area contributed by atoms with Crippen molar-refractivity contribution in [3.05, 3.63) is 0 Å². The standard InChI is InChI=1S/C7H14N6O2S/c1-15-7-11-5(9-3-4-16(2)14)10-6(12-7)13-8/h3-4,8H2,1-2H3,(H2,9,10,11,12,13). The highest BCUT2D eigenvalue weighted by atomic mass is 32.2. The number of nitrogens with one attached hydrogen (secondary N) is 2. The normalized spacial score (nSPS) is 11.9. The van der Waals surface area contributed by atoms with Crippen LogP contribution in [0.1, 0.15) is 0 Å². The summed E-state index contributed by atoms with van der Waals surface area (Å²) in [6.45, 7) is 0.500. The summed E-state index contributed by atoms with van der Waals surface area (Å²) in [5.41, 5.74) is 2.30. The average Bonchev–Trinajstić information content (AvgIpc) is 2.28. The number of nitrogen functional groups attached to an aromatic ring is 1. The van der Waals surface area contributed by atoms with E-state index < -0.39 is 10.8 Å². The molecule has 0 amide bonds. The molecule has 0 saturated carbocycles. The summed E-state index contributed by atoms with van der Waals surface area (Å²) in [6.07, 6.45) is 1.63. The van der Waals surface area contributed by atoms with Crippen LogP contribution in [-0.4, -0.2) is 44.8 Å². The number of methoxy groups -OCH3 is 1. The van der Waals surface area contributed by atoms with Gasteiger partial charge in [0.2, 0.25) is 11.9 Å². The molecule has 4 N–H and O–H groups in total. The van der Waals surface area contributed by atoms with Crippen molar-refractivity contribution in [2.75, 3.05) is 36.4 Å². The third-order valence-electron chi connectivity index (χ3n) is 1.60. The molecule has 0 fully saturated rings. The second-order valence-electron chi connectivity index (χ2n) is 2.82. The number of nitrogens with zero attached hydrogens (tertiary/aromatic N) is 3. The minimum Gasteiger partial charge on any atom is -0.467 e. The van der Waals surface area contributed by atoms with Crippen molar-refractivity contribution >= 4 is 22.7 Å². The van der Waals surface area contributed by atoms with Gasteiger partial charge >= 0.3 is 6.01 Å². The van der Waals surface area contributed by atoms with Gasteiger partial charge in [0.1, 0.15) is 0 Å². The highest BCUT2D eigenvalue weighted by Crippen LogP contribution is 2.09. The Kier molecular flexibility index (Phi) is 4.86. The fourth-order valence-electron chi connectivity index (χ4n) is 0.898. The molecule has 8 nitrogen and oxygen atoms in total. The average molecular weight is 246 g/mol. The number of hydrogen-bond donors (Lipinski definition) is 3. The first-order valence-corrected chi connectivity index (χ1v) is 6.19. The van der Waals surface area contributed by atoms with Crippen molar-refractivity contribution in [3.63, 3.8) is 0 Å². The lowest BCUT2D eigenvalue weighted by molar-refractivity contribution is 0.379. The fourth-order valence-corrected chi connectivity index (χ4v) is 1.29. The van der Waals surface area contributed by atoms with Gasteiger partial charge in [-0.15, -0.1) is 0 Å². The first kappa shape index (κ1) is 12.6. The lowest BCUT2D eigenvalue weighted by Gasteiger charge is -2.06. The number of anilines is 2. The van der Waals surface area contributed by atoms with Crippen molar-refractivity contribution in [2.24, 2.45) is 5.84 Å². The maximum absolute atomic E-state index is 10.8. The molecular formula is C7H14N6O2S. The molecule has 0 radical (unpaired) electrons. The molecular weight excluding hydrogens is 232 g/mol.